The van der Waals surface area contributed by atoms with Crippen molar-refractivity contribution in [3.8, 4) is 11.3 Å². The molecule has 3 aromatic heterocycles. The maximum atomic E-state index is 14.8. The molecule has 1 saturated heterocycles. The number of aryl methyl sites for hydroxylation is 2. The van der Waals surface area contributed by atoms with Crippen LogP contribution in [0.4, 0.5) is 8.78 Å². The van der Waals surface area contributed by atoms with Gasteiger partial charge < -0.3 is 5.32 Å². The molecule has 2 atom stereocenters. The maximum Gasteiger partial charge on any atom is 0.156 e. The van der Waals surface area contributed by atoms with Gasteiger partial charge in [-0.05, 0) is 50.6 Å². The van der Waals surface area contributed by atoms with E-state index < -0.39 is 12.0 Å². The minimum Gasteiger partial charge on any atom is -0.314 e. The van der Waals surface area contributed by atoms with Gasteiger partial charge in [0.15, 0.2) is 11.5 Å². The predicted molar refractivity (Wildman–Crippen MR) is 103 cm³/mol. The normalized spacial score (nSPS) is 20.3. The van der Waals surface area contributed by atoms with Crippen molar-refractivity contribution in [2.75, 3.05) is 13.1 Å². The van der Waals surface area contributed by atoms with Crippen LogP contribution in [-0.2, 0) is 0 Å². The summed E-state index contributed by atoms with van der Waals surface area (Å²) in [7, 11) is 0. The average Bonchev–Trinajstić information content (AvgIpc) is 3.25. The zero-order chi connectivity index (χ0) is 19.4. The van der Waals surface area contributed by atoms with Crippen molar-refractivity contribution in [1.82, 2.24) is 29.7 Å². The van der Waals surface area contributed by atoms with Crippen LogP contribution < -0.4 is 5.32 Å². The quantitative estimate of drug-likeness (QED) is 0.577. The Balaban J connectivity index is 1.61. The first-order valence-corrected chi connectivity index (χ1v) is 9.37. The summed E-state index contributed by atoms with van der Waals surface area (Å²) in [6, 6.07) is 4.82. The molecule has 1 N–H and O–H groups in total. The number of nitrogens with zero attached hydrogens (tertiary/aromatic N) is 5. The highest BCUT2D eigenvalue weighted by Crippen LogP contribution is 2.29. The second-order valence-electron chi connectivity index (χ2n) is 7.44. The van der Waals surface area contributed by atoms with Crippen LogP contribution in [0, 0.1) is 19.7 Å². The van der Waals surface area contributed by atoms with E-state index in [1.165, 1.54) is 6.07 Å². The molecule has 0 radical (unpaired) electrons. The van der Waals surface area contributed by atoms with Crippen LogP contribution in [-0.4, -0.2) is 43.6 Å². The largest absolute Gasteiger partial charge is 0.314 e. The Labute approximate surface area is 160 Å². The number of fused-ring (bicyclic) bond motifs is 2. The van der Waals surface area contributed by atoms with Crippen LogP contribution in [0.5, 0.6) is 0 Å². The zero-order valence-electron chi connectivity index (χ0n) is 15.7. The first-order valence-electron chi connectivity index (χ1n) is 9.37. The summed E-state index contributed by atoms with van der Waals surface area (Å²) in [6.45, 7) is 4.88. The Bertz CT molecular complexity index is 1190. The minimum absolute atomic E-state index is 0.255. The maximum absolute atomic E-state index is 14.8. The molecule has 1 aliphatic heterocycles. The number of benzene rings is 1. The smallest absolute Gasteiger partial charge is 0.156 e. The minimum atomic E-state index is -1.04. The van der Waals surface area contributed by atoms with Crippen molar-refractivity contribution in [1.29, 1.82) is 0 Å². The Morgan fingerprint density at radius 3 is 2.82 bits per heavy atom. The van der Waals surface area contributed by atoms with Crippen molar-refractivity contribution in [2.24, 2.45) is 0 Å². The first kappa shape index (κ1) is 17.2. The van der Waals surface area contributed by atoms with Gasteiger partial charge in [0.1, 0.15) is 11.7 Å². The van der Waals surface area contributed by atoms with Gasteiger partial charge in [0.25, 0.3) is 0 Å². The molecule has 1 aromatic carbocycles. The van der Waals surface area contributed by atoms with E-state index in [-0.39, 0.29) is 11.6 Å². The summed E-state index contributed by atoms with van der Waals surface area (Å²) in [5, 5.41) is 12.6. The summed E-state index contributed by atoms with van der Waals surface area (Å²) >= 11 is 0. The molecule has 6 nitrogen and oxygen atoms in total. The Morgan fingerprint density at radius 1 is 1.14 bits per heavy atom. The van der Waals surface area contributed by atoms with E-state index in [4.69, 9.17) is 0 Å². The topological polar surface area (TPSA) is 60.0 Å². The van der Waals surface area contributed by atoms with Crippen LogP contribution in [0.3, 0.4) is 0 Å². The third-order valence-electron chi connectivity index (χ3n) is 5.32. The predicted octanol–water partition coefficient (Wildman–Crippen LogP) is 3.37. The lowest BCUT2D eigenvalue weighted by atomic mass is 10.1. The van der Waals surface area contributed by atoms with Gasteiger partial charge >= 0.3 is 0 Å². The molecule has 0 aliphatic carbocycles. The molecule has 1 fully saturated rings. The van der Waals surface area contributed by atoms with E-state index in [1.807, 2.05) is 32.2 Å². The highest BCUT2D eigenvalue weighted by atomic mass is 19.1. The number of nitrogens with one attached hydrogen (secondary N) is 1. The van der Waals surface area contributed by atoms with Gasteiger partial charge in [-0.25, -0.2) is 18.3 Å². The molecule has 0 amide bonds. The highest BCUT2D eigenvalue weighted by Gasteiger charge is 2.27. The number of rotatable bonds is 2. The van der Waals surface area contributed by atoms with Crippen LogP contribution in [0.15, 0.2) is 30.6 Å². The van der Waals surface area contributed by atoms with Gasteiger partial charge in [-0.1, -0.05) is 0 Å². The van der Waals surface area contributed by atoms with Gasteiger partial charge in [0.2, 0.25) is 0 Å². The van der Waals surface area contributed by atoms with Crippen molar-refractivity contribution >= 4 is 16.6 Å². The van der Waals surface area contributed by atoms with E-state index in [0.717, 1.165) is 23.4 Å². The van der Waals surface area contributed by atoms with Gasteiger partial charge in [-0.15, -0.1) is 0 Å². The average molecular weight is 382 g/mol. The lowest BCUT2D eigenvalue weighted by molar-refractivity contribution is 0.174. The lowest BCUT2D eigenvalue weighted by Crippen LogP contribution is -2.39. The zero-order valence-corrected chi connectivity index (χ0v) is 15.7. The third kappa shape index (κ3) is 2.75. The summed E-state index contributed by atoms with van der Waals surface area (Å²) in [4.78, 5) is 4.45. The van der Waals surface area contributed by atoms with Crippen LogP contribution >= 0.6 is 0 Å². The number of imidazole rings is 1. The number of hydrogen-bond donors (Lipinski definition) is 1. The second kappa shape index (κ2) is 6.34. The van der Waals surface area contributed by atoms with E-state index in [1.54, 1.807) is 15.4 Å². The number of halogens is 2. The number of alkyl halides is 1. The number of piperidine rings is 1. The van der Waals surface area contributed by atoms with Crippen LogP contribution in [0.2, 0.25) is 0 Å². The highest BCUT2D eigenvalue weighted by molar-refractivity contribution is 5.84. The van der Waals surface area contributed by atoms with Crippen LogP contribution in [0.1, 0.15) is 23.7 Å². The molecule has 5 rings (SSSR count). The monoisotopic (exact) mass is 382 g/mol. The fourth-order valence-electron chi connectivity index (χ4n) is 3.92. The standard InChI is InChI=1S/C20H20F2N6/c1-11-5-17(25-28-9-12(2)24-20(11)28)13-6-14-10-27(26-19(14)15(21)7-13)18-3-4-23-8-16(18)22/h5-7,9-10,16,18,23H,3-4,8H2,1-2H3/t16?,18-/m1/s1. The molecule has 144 valence electrons. The molecule has 4 heterocycles. The van der Waals surface area contributed by atoms with Crippen molar-refractivity contribution in [3.63, 3.8) is 0 Å². The number of aromatic nitrogens is 5. The molecule has 0 spiro atoms. The molecule has 8 heteroatoms. The molecule has 28 heavy (non-hydrogen) atoms. The molecular formula is C20H20F2N6. The van der Waals surface area contributed by atoms with Crippen molar-refractivity contribution in [2.45, 2.75) is 32.5 Å². The lowest BCUT2D eigenvalue weighted by Gasteiger charge is -2.26. The van der Waals surface area contributed by atoms with E-state index in [9.17, 15) is 8.78 Å². The second-order valence-corrected chi connectivity index (χ2v) is 7.44. The van der Waals surface area contributed by atoms with Gasteiger partial charge in [0.05, 0.1) is 23.6 Å². The fourth-order valence-corrected chi connectivity index (χ4v) is 3.92. The summed E-state index contributed by atoms with van der Waals surface area (Å²) < 4.78 is 32.4. The van der Waals surface area contributed by atoms with E-state index in [2.05, 4.69) is 20.5 Å². The molecule has 4 aromatic rings. The SMILES string of the molecule is Cc1cn2nc(-c3cc(F)c4nn([C@@H]5CCNCC5F)cc4c3)cc(C)c2n1. The summed E-state index contributed by atoms with van der Waals surface area (Å²) in [6.07, 6.45) is 3.16. The molecule has 1 unspecified atom stereocenters. The molecule has 0 saturated carbocycles. The molecule has 0 bridgehead atoms. The van der Waals surface area contributed by atoms with Gasteiger partial charge in [-0.2, -0.15) is 10.2 Å². The Hall–Kier alpha value is -2.87. The summed E-state index contributed by atoms with van der Waals surface area (Å²) in [5.74, 6) is -0.433. The molecular weight excluding hydrogens is 362 g/mol. The summed E-state index contributed by atoms with van der Waals surface area (Å²) in [5.41, 5.74) is 4.19. The number of hydrogen-bond acceptors (Lipinski definition) is 4. The van der Waals surface area contributed by atoms with Crippen molar-refractivity contribution < 1.29 is 8.78 Å². The first-order chi connectivity index (χ1) is 13.5. The van der Waals surface area contributed by atoms with Crippen molar-refractivity contribution in [3.05, 3.63) is 47.7 Å². The van der Waals surface area contributed by atoms with E-state index in [0.29, 0.717) is 29.6 Å². The van der Waals surface area contributed by atoms with Gasteiger partial charge in [-0.3, -0.25) is 4.68 Å². The fraction of sp³-hybridized carbons (Fsp3) is 0.350. The van der Waals surface area contributed by atoms with Gasteiger partial charge in [0, 0.05) is 23.7 Å². The molecule has 1 aliphatic rings. The van der Waals surface area contributed by atoms with E-state index >= 15 is 0 Å². The Kier molecular flexibility index (Phi) is 3.90. The van der Waals surface area contributed by atoms with Crippen LogP contribution in [0.25, 0.3) is 27.8 Å². The Morgan fingerprint density at radius 2 is 2.00 bits per heavy atom. The third-order valence-corrected chi connectivity index (χ3v) is 5.32.